The molecular weight excluding hydrogens is 322 g/mol. The molecule has 24 heavy (non-hydrogen) atoms. The smallest absolute Gasteiger partial charge is 0.252 e. The van der Waals surface area contributed by atoms with Crippen molar-refractivity contribution in [1.29, 1.82) is 0 Å². The van der Waals surface area contributed by atoms with Gasteiger partial charge in [-0.05, 0) is 30.0 Å². The fourth-order valence-corrected chi connectivity index (χ4v) is 3.01. The Labute approximate surface area is 144 Å². The van der Waals surface area contributed by atoms with E-state index in [0.717, 1.165) is 16.3 Å². The first-order valence-electron chi connectivity index (χ1n) is 7.59. The van der Waals surface area contributed by atoms with Crippen molar-refractivity contribution in [2.45, 2.75) is 18.4 Å². The van der Waals surface area contributed by atoms with E-state index in [9.17, 15) is 4.79 Å². The molecule has 1 amide bonds. The zero-order chi connectivity index (χ0) is 16.8. The highest BCUT2D eigenvalue weighted by Crippen LogP contribution is 2.22. The van der Waals surface area contributed by atoms with E-state index < -0.39 is 0 Å². The molecule has 0 unspecified atom stereocenters. The monoisotopic (exact) mass is 339 g/mol. The van der Waals surface area contributed by atoms with Crippen LogP contribution in [-0.4, -0.2) is 31.6 Å². The van der Waals surface area contributed by atoms with Gasteiger partial charge in [0.1, 0.15) is 5.69 Å². The lowest BCUT2D eigenvalue weighted by Gasteiger charge is -2.08. The van der Waals surface area contributed by atoms with Crippen LogP contribution in [-0.2, 0) is 6.54 Å². The Hall–Kier alpha value is -2.67. The number of benzene rings is 1. The van der Waals surface area contributed by atoms with Crippen LogP contribution in [0.3, 0.4) is 0 Å². The van der Waals surface area contributed by atoms with Crippen LogP contribution >= 0.6 is 11.8 Å². The van der Waals surface area contributed by atoms with Crippen LogP contribution in [0.15, 0.2) is 59.9 Å². The number of carbonyl (C=O) groups excluding carboxylic acids is 1. The normalized spacial score (nSPS) is 10.5. The number of pyridine rings is 1. The molecule has 0 radical (unpaired) electrons. The van der Waals surface area contributed by atoms with Gasteiger partial charge in [-0.3, -0.25) is 9.78 Å². The molecule has 1 aromatic carbocycles. The average molecular weight is 339 g/mol. The summed E-state index contributed by atoms with van der Waals surface area (Å²) in [6.07, 6.45) is 5.18. The Bertz CT molecular complexity index is 819. The van der Waals surface area contributed by atoms with E-state index >= 15 is 0 Å². The lowest BCUT2D eigenvalue weighted by molar-refractivity contribution is 0.0947. The molecule has 0 aliphatic rings. The van der Waals surface area contributed by atoms with Crippen LogP contribution < -0.4 is 5.32 Å². The Morgan fingerprint density at radius 2 is 2.00 bits per heavy atom. The Morgan fingerprint density at radius 3 is 2.79 bits per heavy atom. The summed E-state index contributed by atoms with van der Waals surface area (Å²) >= 11 is 1.65. The van der Waals surface area contributed by atoms with Crippen molar-refractivity contribution < 1.29 is 4.79 Å². The number of thioether (sulfide) groups is 1. The first-order valence-corrected chi connectivity index (χ1v) is 8.58. The maximum absolute atomic E-state index is 12.4. The second-order valence-electron chi connectivity index (χ2n) is 4.97. The lowest BCUT2D eigenvalue weighted by atomic mass is 10.2. The number of amides is 1. The minimum atomic E-state index is -0.106. The van der Waals surface area contributed by atoms with Gasteiger partial charge in [-0.15, -0.1) is 16.9 Å². The van der Waals surface area contributed by atoms with Crippen molar-refractivity contribution in [2.75, 3.05) is 5.75 Å². The molecule has 0 bridgehead atoms. The molecule has 0 spiro atoms. The van der Waals surface area contributed by atoms with E-state index in [1.54, 1.807) is 35.0 Å². The highest BCUT2D eigenvalue weighted by atomic mass is 32.2. The van der Waals surface area contributed by atoms with Gasteiger partial charge in [-0.2, -0.15) is 0 Å². The molecule has 1 N–H and O–H groups in total. The fourth-order valence-electron chi connectivity index (χ4n) is 2.20. The van der Waals surface area contributed by atoms with E-state index in [4.69, 9.17) is 0 Å². The standard InChI is InChI=1S/C17H17N5OS/c1-2-24-16-6-4-3-5-15(16)17(23)19-11-13-12-22(21-20-13)14-7-9-18-10-8-14/h3-10,12H,2,11H2,1H3,(H,19,23). The zero-order valence-electron chi connectivity index (χ0n) is 13.2. The maximum Gasteiger partial charge on any atom is 0.252 e. The quantitative estimate of drug-likeness (QED) is 0.699. The van der Waals surface area contributed by atoms with E-state index in [1.165, 1.54) is 0 Å². The summed E-state index contributed by atoms with van der Waals surface area (Å²) in [7, 11) is 0. The molecule has 122 valence electrons. The van der Waals surface area contributed by atoms with Crippen LogP contribution in [0.4, 0.5) is 0 Å². The second-order valence-corrected chi connectivity index (χ2v) is 6.28. The van der Waals surface area contributed by atoms with Gasteiger partial charge < -0.3 is 5.32 Å². The van der Waals surface area contributed by atoms with Crippen molar-refractivity contribution in [2.24, 2.45) is 0 Å². The second kappa shape index (κ2) is 7.74. The van der Waals surface area contributed by atoms with Crippen molar-refractivity contribution >= 4 is 17.7 Å². The summed E-state index contributed by atoms with van der Waals surface area (Å²) in [6.45, 7) is 2.39. The van der Waals surface area contributed by atoms with Crippen LogP contribution in [0.25, 0.3) is 5.69 Å². The number of nitrogens with zero attached hydrogens (tertiary/aromatic N) is 4. The summed E-state index contributed by atoms with van der Waals surface area (Å²) in [5.74, 6) is 0.815. The number of carbonyl (C=O) groups is 1. The van der Waals surface area contributed by atoms with Gasteiger partial charge in [-0.1, -0.05) is 24.3 Å². The Kier molecular flexibility index (Phi) is 5.22. The van der Waals surface area contributed by atoms with Gasteiger partial charge in [0.05, 0.1) is 24.0 Å². The molecule has 0 aliphatic heterocycles. The minimum absolute atomic E-state index is 0.106. The third-order valence-corrected chi connectivity index (χ3v) is 4.29. The molecule has 2 heterocycles. The van der Waals surface area contributed by atoms with Gasteiger partial charge in [0.15, 0.2) is 0 Å². The van der Waals surface area contributed by atoms with E-state index in [-0.39, 0.29) is 5.91 Å². The maximum atomic E-state index is 12.4. The van der Waals surface area contributed by atoms with Crippen molar-refractivity contribution in [3.8, 4) is 5.69 Å². The molecular formula is C17H17N5OS. The van der Waals surface area contributed by atoms with Crippen molar-refractivity contribution in [3.63, 3.8) is 0 Å². The molecule has 0 fully saturated rings. The number of nitrogens with one attached hydrogen (secondary N) is 1. The van der Waals surface area contributed by atoms with Gasteiger partial charge in [0.25, 0.3) is 5.91 Å². The fraction of sp³-hybridized carbons (Fsp3) is 0.176. The third-order valence-electron chi connectivity index (χ3n) is 3.33. The predicted octanol–water partition coefficient (Wildman–Crippen LogP) is 2.70. The average Bonchev–Trinajstić information content (AvgIpc) is 3.10. The van der Waals surface area contributed by atoms with Crippen LogP contribution in [0.1, 0.15) is 23.0 Å². The van der Waals surface area contributed by atoms with Gasteiger partial charge >= 0.3 is 0 Å². The summed E-state index contributed by atoms with van der Waals surface area (Å²) < 4.78 is 1.66. The molecule has 2 aromatic heterocycles. The number of hydrogen-bond donors (Lipinski definition) is 1. The molecule has 7 heteroatoms. The summed E-state index contributed by atoms with van der Waals surface area (Å²) in [5, 5.41) is 11.1. The van der Waals surface area contributed by atoms with Crippen LogP contribution in [0.2, 0.25) is 0 Å². The van der Waals surface area contributed by atoms with Crippen LogP contribution in [0.5, 0.6) is 0 Å². The largest absolute Gasteiger partial charge is 0.346 e. The Morgan fingerprint density at radius 1 is 1.21 bits per heavy atom. The van der Waals surface area contributed by atoms with Gasteiger partial charge in [0.2, 0.25) is 0 Å². The highest BCUT2D eigenvalue weighted by molar-refractivity contribution is 7.99. The molecule has 6 nitrogen and oxygen atoms in total. The predicted molar refractivity (Wildman–Crippen MR) is 93.2 cm³/mol. The zero-order valence-corrected chi connectivity index (χ0v) is 14.0. The topological polar surface area (TPSA) is 72.7 Å². The van der Waals surface area contributed by atoms with Crippen LogP contribution in [0, 0.1) is 0 Å². The number of aromatic nitrogens is 4. The molecule has 0 atom stereocenters. The molecule has 3 aromatic rings. The highest BCUT2D eigenvalue weighted by Gasteiger charge is 2.11. The van der Waals surface area contributed by atoms with E-state index in [2.05, 4.69) is 27.5 Å². The third kappa shape index (κ3) is 3.80. The summed E-state index contributed by atoms with van der Waals surface area (Å²) in [5.41, 5.74) is 2.26. The van der Waals surface area contributed by atoms with Gasteiger partial charge in [-0.25, -0.2) is 4.68 Å². The van der Waals surface area contributed by atoms with E-state index in [1.807, 2.05) is 36.4 Å². The molecule has 0 aliphatic carbocycles. The molecule has 0 saturated carbocycles. The first kappa shape index (κ1) is 16.2. The summed E-state index contributed by atoms with van der Waals surface area (Å²) in [4.78, 5) is 17.4. The number of rotatable bonds is 6. The summed E-state index contributed by atoms with van der Waals surface area (Å²) in [6, 6.07) is 11.3. The van der Waals surface area contributed by atoms with Crippen molar-refractivity contribution in [1.82, 2.24) is 25.3 Å². The molecule has 0 saturated heterocycles. The Balaban J connectivity index is 1.66. The minimum Gasteiger partial charge on any atom is -0.346 e. The van der Waals surface area contributed by atoms with Gasteiger partial charge in [0, 0.05) is 17.3 Å². The lowest BCUT2D eigenvalue weighted by Crippen LogP contribution is -2.23. The number of hydrogen-bond acceptors (Lipinski definition) is 5. The first-order chi connectivity index (χ1) is 11.8. The molecule has 3 rings (SSSR count). The van der Waals surface area contributed by atoms with E-state index in [0.29, 0.717) is 17.8 Å². The van der Waals surface area contributed by atoms with Crippen molar-refractivity contribution in [3.05, 3.63) is 66.2 Å². The SMILES string of the molecule is CCSc1ccccc1C(=O)NCc1cn(-c2ccncc2)nn1.